The fraction of sp³-hybridized carbons (Fsp3) is 0.583. The molecule has 0 aromatic heterocycles. The summed E-state index contributed by atoms with van der Waals surface area (Å²) in [5, 5.41) is 5.24. The first-order valence-electron chi connectivity index (χ1n) is 32.5. The van der Waals surface area contributed by atoms with E-state index in [0.29, 0.717) is 90.4 Å². The minimum absolute atomic E-state index is 0.210. The number of carbonyl (C=O) groups excluding carboxylic acids is 4. The Morgan fingerprint density at radius 3 is 0.902 bits per heavy atom. The van der Waals surface area contributed by atoms with E-state index in [1.54, 1.807) is 0 Å². The van der Waals surface area contributed by atoms with Crippen LogP contribution in [0.15, 0.2) is 60.7 Å². The lowest BCUT2D eigenvalue weighted by Gasteiger charge is -2.42. The van der Waals surface area contributed by atoms with Gasteiger partial charge in [-0.2, -0.15) is 0 Å². The summed E-state index contributed by atoms with van der Waals surface area (Å²) in [7, 11) is -5.38. The zero-order chi connectivity index (χ0) is 59.5. The predicted octanol–water partition coefficient (Wildman–Crippen LogP) is 21.9. The molecule has 0 fully saturated rings. The Morgan fingerprint density at radius 1 is 0.341 bits per heavy atom. The third-order valence-electron chi connectivity index (χ3n) is 18.7. The topological polar surface area (TPSA) is 105 Å². The maximum Gasteiger partial charge on any atom is 0.258 e. The molecule has 0 atom stereocenters. The average Bonchev–Trinajstić information content (AvgIpc) is 1.12. The van der Waals surface area contributed by atoms with E-state index in [2.05, 4.69) is 121 Å². The fourth-order valence-corrected chi connectivity index (χ4v) is 25.2. The molecule has 0 unspecified atom stereocenters. The minimum Gasteiger partial charge on any atom is -0.542 e. The molecule has 8 nitrogen and oxygen atoms in total. The Morgan fingerprint density at radius 2 is 0.610 bits per heavy atom. The lowest BCUT2D eigenvalue weighted by atomic mass is 9.82. The van der Waals surface area contributed by atoms with Crippen molar-refractivity contribution in [1.29, 1.82) is 0 Å². The molecule has 0 radical (unpaired) electrons. The van der Waals surface area contributed by atoms with Gasteiger partial charge in [-0.1, -0.05) is 213 Å². The molecule has 2 aliphatic rings. The van der Waals surface area contributed by atoms with E-state index < -0.39 is 16.6 Å². The maximum atomic E-state index is 15.0. The highest BCUT2D eigenvalue weighted by Crippen LogP contribution is 2.55. The molecule has 0 saturated carbocycles. The van der Waals surface area contributed by atoms with Gasteiger partial charge < -0.3 is 18.3 Å². The van der Waals surface area contributed by atoms with Gasteiger partial charge in [-0.15, -0.1) is 0 Å². The minimum atomic E-state index is -2.69. The van der Waals surface area contributed by atoms with Gasteiger partial charge in [-0.3, -0.25) is 19.2 Å². The first-order valence-corrected chi connectivity index (χ1v) is 36.8. The van der Waals surface area contributed by atoms with Crippen LogP contribution < -0.4 is 18.3 Å². The molecule has 82 heavy (non-hydrogen) atoms. The summed E-state index contributed by atoms with van der Waals surface area (Å²) in [5.41, 5.74) is 2.41. The largest absolute Gasteiger partial charge is 0.542 e. The van der Waals surface area contributed by atoms with Crippen molar-refractivity contribution in [3.05, 3.63) is 83.0 Å². The first-order chi connectivity index (χ1) is 39.3. The third-order valence-corrected chi connectivity index (χ3v) is 30.7. The van der Waals surface area contributed by atoms with Crippen LogP contribution in [0.5, 0.6) is 23.0 Å². The van der Waals surface area contributed by atoms with Gasteiger partial charge in [0.05, 0.1) is 13.2 Å². The Hall–Kier alpha value is -5.07. The van der Waals surface area contributed by atoms with E-state index >= 15 is 0 Å². The van der Waals surface area contributed by atoms with E-state index in [4.69, 9.17) is 18.3 Å². The monoisotopic (exact) mass is 1150 g/mol. The highest BCUT2D eigenvalue weighted by atomic mass is 28.4. The number of hydrogen-bond donors (Lipinski definition) is 0. The number of carbonyl (C=O) groups is 4. The number of hydrogen-bond acceptors (Lipinski definition) is 8. The Bertz CT molecular complexity index is 2890. The van der Waals surface area contributed by atoms with Gasteiger partial charge in [-0.05, 0) is 107 Å². The second kappa shape index (κ2) is 29.2. The highest BCUT2D eigenvalue weighted by molar-refractivity contribution is 6.79. The summed E-state index contributed by atoms with van der Waals surface area (Å²) < 4.78 is 29.7. The van der Waals surface area contributed by atoms with Crippen molar-refractivity contribution in [3.8, 4) is 23.0 Å². The zero-order valence-electron chi connectivity index (χ0n) is 53.1. The second-order valence-electron chi connectivity index (χ2n) is 26.1. The Balaban J connectivity index is 1.57. The molecule has 0 heterocycles. The van der Waals surface area contributed by atoms with Gasteiger partial charge >= 0.3 is 0 Å². The average molecular weight is 1150 g/mol. The standard InChI is InChI=1S/C72H102O8Si2/c1-15-17-19-21-23-25-27-29-31-33-43-77-71-55-37-35-53-63(79-81(47(3)4,48(5)6)49(7)8)45-57-59(73)39-41-61(75)65(57)67(53)69(55)70-56(72(71)78-44-34-32-30-28-26-24-22-20-18-16-2)38-36-54-64(80-82(50(9)10,51(11)12)52(13)14)46-58-60(74)40-42-62(76)66(58)68(54)70/h35-42,45-52H,15-34,43-44H2,1-14H3. The third kappa shape index (κ3) is 13.4. The lowest BCUT2D eigenvalue weighted by molar-refractivity contribution is 0.0995. The van der Waals surface area contributed by atoms with Gasteiger partial charge in [0.25, 0.3) is 16.6 Å². The predicted molar refractivity (Wildman–Crippen MR) is 350 cm³/mol. The van der Waals surface area contributed by atoms with Crippen LogP contribution in [0.2, 0.25) is 33.2 Å². The molecule has 0 saturated heterocycles. The van der Waals surface area contributed by atoms with Gasteiger partial charge in [0.2, 0.25) is 0 Å². The van der Waals surface area contributed by atoms with Crippen LogP contribution in [-0.2, 0) is 0 Å². The van der Waals surface area contributed by atoms with Crippen molar-refractivity contribution < 1.29 is 37.5 Å². The quantitative estimate of drug-likeness (QED) is 0.0228. The van der Waals surface area contributed by atoms with Crippen molar-refractivity contribution in [2.45, 2.75) is 259 Å². The number of fused-ring (bicyclic) bond motifs is 11. The molecule has 0 spiro atoms. The summed E-state index contributed by atoms with van der Waals surface area (Å²) >= 11 is 0. The van der Waals surface area contributed by atoms with Crippen LogP contribution in [0.25, 0.3) is 43.1 Å². The molecule has 5 aromatic carbocycles. The van der Waals surface area contributed by atoms with Gasteiger partial charge in [0.15, 0.2) is 34.6 Å². The molecule has 7 rings (SSSR count). The van der Waals surface area contributed by atoms with Crippen molar-refractivity contribution in [3.63, 3.8) is 0 Å². The number of allylic oxidation sites excluding steroid dienone is 4. The van der Waals surface area contributed by atoms with Crippen molar-refractivity contribution in [2.24, 2.45) is 0 Å². The van der Waals surface area contributed by atoms with Crippen LogP contribution in [0.4, 0.5) is 0 Å². The SMILES string of the molecule is CCCCCCCCCCCCOc1c(OCCCCCCCCCCCC)c2ccc3c(O[Si](C(C)C)(C(C)C)C(C)C)cc4c(c3c2c2c1ccc1c(O[Si](C(C)C)(C(C)C)C(C)C)cc3c(c12)C(=O)C=CC3=O)C(=O)C=CC4=O. The molecule has 5 aromatic rings. The molecule has 10 heteroatoms. The first kappa shape index (κ1) is 64.5. The smallest absolute Gasteiger partial charge is 0.258 e. The molecule has 0 N–H and O–H groups in total. The molecule has 0 bridgehead atoms. The van der Waals surface area contributed by atoms with E-state index in [0.717, 1.165) is 38.5 Å². The zero-order valence-corrected chi connectivity index (χ0v) is 55.1. The van der Waals surface area contributed by atoms with Crippen LogP contribution in [0.3, 0.4) is 0 Å². The van der Waals surface area contributed by atoms with E-state index in [1.807, 2.05) is 12.1 Å². The summed E-state index contributed by atoms with van der Waals surface area (Å²) in [6, 6.07) is 11.9. The van der Waals surface area contributed by atoms with Crippen molar-refractivity contribution in [1.82, 2.24) is 0 Å². The Kier molecular flexibility index (Phi) is 22.9. The van der Waals surface area contributed by atoms with Crippen LogP contribution in [0, 0.1) is 0 Å². The summed E-state index contributed by atoms with van der Waals surface area (Å²) in [5.74, 6) is 1.15. The molecule has 446 valence electrons. The number of rotatable bonds is 34. The van der Waals surface area contributed by atoms with Crippen molar-refractivity contribution in [2.75, 3.05) is 13.2 Å². The summed E-state index contributed by atoms with van der Waals surface area (Å²) in [6.45, 7) is 32.4. The lowest BCUT2D eigenvalue weighted by Crippen LogP contribution is -2.50. The van der Waals surface area contributed by atoms with Crippen molar-refractivity contribution >= 4 is 82.9 Å². The molecule has 0 amide bonds. The van der Waals surface area contributed by atoms with E-state index in [9.17, 15) is 19.2 Å². The van der Waals surface area contributed by atoms with Crippen LogP contribution in [-0.4, -0.2) is 53.0 Å². The molecular weight excluding hydrogens is 1050 g/mol. The number of unbranched alkanes of at least 4 members (excludes halogenated alkanes) is 18. The highest BCUT2D eigenvalue weighted by Gasteiger charge is 2.49. The van der Waals surface area contributed by atoms with E-state index in [-0.39, 0.29) is 67.5 Å². The second-order valence-corrected chi connectivity index (χ2v) is 36.8. The normalized spacial score (nSPS) is 14.0. The van der Waals surface area contributed by atoms with Gasteiger partial charge in [-0.25, -0.2) is 0 Å². The van der Waals surface area contributed by atoms with Gasteiger partial charge in [0.1, 0.15) is 11.5 Å². The molecule has 2 aliphatic carbocycles. The van der Waals surface area contributed by atoms with E-state index in [1.165, 1.54) is 114 Å². The molecular formula is C72H102O8Si2. The van der Waals surface area contributed by atoms with Crippen LogP contribution in [0.1, 0.15) is 267 Å². The van der Waals surface area contributed by atoms with Gasteiger partial charge in [0, 0.05) is 65.3 Å². The fourth-order valence-electron chi connectivity index (χ4n) is 14.7. The summed E-state index contributed by atoms with van der Waals surface area (Å²) in [4.78, 5) is 58.9. The number of benzene rings is 5. The molecule has 0 aliphatic heterocycles. The Labute approximate surface area is 495 Å². The number of ketones is 4. The summed E-state index contributed by atoms with van der Waals surface area (Å²) in [6.07, 6.45) is 29.3. The number of ether oxygens (including phenoxy) is 2. The van der Waals surface area contributed by atoms with Crippen LogP contribution >= 0.6 is 0 Å². The maximum absolute atomic E-state index is 15.0.